The third kappa shape index (κ3) is 7.56. The lowest BCUT2D eigenvalue weighted by Gasteiger charge is -2.43. The molecule has 0 aliphatic rings. The summed E-state index contributed by atoms with van der Waals surface area (Å²) in [6, 6.07) is 24.4. The second-order valence-corrected chi connectivity index (χ2v) is 15.2. The van der Waals surface area contributed by atoms with E-state index in [2.05, 4.69) is 51.6 Å². The number of rotatable bonds is 13. The zero-order chi connectivity index (χ0) is 28.5. The maximum atomic E-state index is 11.1. The van der Waals surface area contributed by atoms with E-state index in [1.807, 2.05) is 55.5 Å². The van der Waals surface area contributed by atoms with Crippen LogP contribution >= 0.6 is 0 Å². The van der Waals surface area contributed by atoms with Gasteiger partial charge in [-0.2, -0.15) is 0 Å². The molecule has 208 valence electrons. The Morgan fingerprint density at radius 3 is 2.05 bits per heavy atom. The molecule has 0 aliphatic carbocycles. The van der Waals surface area contributed by atoms with Crippen molar-refractivity contribution in [3.8, 4) is 0 Å². The molecule has 0 aliphatic heterocycles. The molecular formula is C33H42O5Si. The maximum absolute atomic E-state index is 11.1. The predicted molar refractivity (Wildman–Crippen MR) is 161 cm³/mol. The van der Waals surface area contributed by atoms with Gasteiger partial charge in [-0.05, 0) is 64.5 Å². The summed E-state index contributed by atoms with van der Waals surface area (Å²) in [6.07, 6.45) is 3.81. The van der Waals surface area contributed by atoms with E-state index < -0.39 is 14.4 Å². The summed E-state index contributed by atoms with van der Waals surface area (Å²) in [5.74, 6) is 1.18. The van der Waals surface area contributed by atoms with Crippen molar-refractivity contribution in [2.75, 3.05) is 13.2 Å². The first-order valence-corrected chi connectivity index (χ1v) is 15.3. The highest BCUT2D eigenvalue weighted by Crippen LogP contribution is 2.37. The van der Waals surface area contributed by atoms with E-state index in [1.54, 1.807) is 12.1 Å². The Hall–Kier alpha value is -3.00. The predicted octanol–water partition coefficient (Wildman–Crippen LogP) is 5.37. The lowest BCUT2D eigenvalue weighted by molar-refractivity contribution is 0.198. The van der Waals surface area contributed by atoms with Crippen molar-refractivity contribution in [3.05, 3.63) is 114 Å². The first-order valence-electron chi connectivity index (χ1n) is 13.4. The van der Waals surface area contributed by atoms with Crippen LogP contribution in [0.3, 0.4) is 0 Å². The molecular weight excluding hydrogens is 504 g/mol. The van der Waals surface area contributed by atoms with Crippen LogP contribution in [0.25, 0.3) is 6.08 Å². The fourth-order valence-corrected chi connectivity index (χ4v) is 9.59. The number of hydrogen-bond donors (Lipinski definition) is 3. The third-order valence-electron chi connectivity index (χ3n) is 7.00. The molecule has 3 rings (SSSR count). The number of benzene rings is 2. The number of hydrogen-bond acceptors (Lipinski definition) is 5. The Bertz CT molecular complexity index is 1210. The second kappa shape index (κ2) is 13.9. The number of allylic oxidation sites excluding steroid dienone is 1. The van der Waals surface area contributed by atoms with Crippen LogP contribution in [0.2, 0.25) is 5.04 Å². The van der Waals surface area contributed by atoms with E-state index >= 15 is 0 Å². The van der Waals surface area contributed by atoms with Crippen molar-refractivity contribution in [2.45, 2.75) is 58.3 Å². The molecule has 0 saturated heterocycles. The Morgan fingerprint density at radius 2 is 1.56 bits per heavy atom. The van der Waals surface area contributed by atoms with Crippen LogP contribution in [-0.4, -0.2) is 43.0 Å². The van der Waals surface area contributed by atoms with Crippen molar-refractivity contribution in [3.63, 3.8) is 0 Å². The molecule has 3 aromatic rings. The van der Waals surface area contributed by atoms with Gasteiger partial charge in [-0.25, -0.2) is 0 Å². The second-order valence-electron chi connectivity index (χ2n) is 10.9. The standard InChI is InChI=1S/C33H42O5Si/c1-25(22-27-17-18-28(23-35)38-27)16-19-32(36)31(20-21-34)26(2)24-37-39(33(3,4)5,29-12-8-6-9-13-29)30-14-10-7-11-15-30/h6-15,17-18,20,22,32,34-36H,2,16,19,21,23-24H2,1,3-5H3/b25-22+,31-20-. The molecule has 1 heterocycles. The Balaban J connectivity index is 1.80. The van der Waals surface area contributed by atoms with Crippen LogP contribution in [-0.2, 0) is 11.0 Å². The average Bonchev–Trinajstić information content (AvgIpc) is 3.38. The highest BCUT2D eigenvalue weighted by atomic mass is 28.4. The topological polar surface area (TPSA) is 83.1 Å². The maximum Gasteiger partial charge on any atom is 0.261 e. The first-order chi connectivity index (χ1) is 18.6. The van der Waals surface area contributed by atoms with Gasteiger partial charge in [-0.3, -0.25) is 0 Å². The largest absolute Gasteiger partial charge is 0.459 e. The van der Waals surface area contributed by atoms with Gasteiger partial charge in [0.2, 0.25) is 0 Å². The number of aliphatic hydroxyl groups is 3. The van der Waals surface area contributed by atoms with E-state index in [1.165, 1.54) is 10.4 Å². The Morgan fingerprint density at radius 1 is 0.974 bits per heavy atom. The highest BCUT2D eigenvalue weighted by molar-refractivity contribution is 6.99. The van der Waals surface area contributed by atoms with Gasteiger partial charge in [-0.15, -0.1) is 0 Å². The van der Waals surface area contributed by atoms with E-state index in [9.17, 15) is 15.3 Å². The van der Waals surface area contributed by atoms with Gasteiger partial charge in [0.25, 0.3) is 8.32 Å². The van der Waals surface area contributed by atoms with Crippen LogP contribution in [0.15, 0.2) is 107 Å². The van der Waals surface area contributed by atoms with Gasteiger partial charge in [-0.1, -0.05) is 99.7 Å². The van der Waals surface area contributed by atoms with Crippen molar-refractivity contribution in [1.29, 1.82) is 0 Å². The molecule has 0 saturated carbocycles. The molecule has 0 radical (unpaired) electrons. The van der Waals surface area contributed by atoms with Crippen LogP contribution in [0.1, 0.15) is 52.1 Å². The highest BCUT2D eigenvalue weighted by Gasteiger charge is 2.50. The van der Waals surface area contributed by atoms with Gasteiger partial charge in [0.15, 0.2) is 0 Å². The van der Waals surface area contributed by atoms with Crippen molar-refractivity contribution in [1.82, 2.24) is 0 Å². The number of furan rings is 1. The quantitative estimate of drug-likeness (QED) is 0.198. The molecule has 2 aromatic carbocycles. The van der Waals surface area contributed by atoms with E-state index in [-0.39, 0.29) is 24.9 Å². The van der Waals surface area contributed by atoms with Gasteiger partial charge in [0.05, 0.1) is 19.3 Å². The summed E-state index contributed by atoms with van der Waals surface area (Å²) in [4.78, 5) is 0. The van der Waals surface area contributed by atoms with E-state index in [0.717, 1.165) is 5.57 Å². The summed E-state index contributed by atoms with van der Waals surface area (Å²) >= 11 is 0. The Labute approximate surface area is 233 Å². The first kappa shape index (κ1) is 30.5. The van der Waals surface area contributed by atoms with Crippen LogP contribution < -0.4 is 10.4 Å². The van der Waals surface area contributed by atoms with Crippen molar-refractivity contribution >= 4 is 24.8 Å². The molecule has 39 heavy (non-hydrogen) atoms. The SMILES string of the molecule is C=C(CO[Si](c1ccccc1)(c1ccccc1)C(C)(C)C)/C(=C/CO)C(O)CC/C(C)=C/c1ccc(CO)o1. The van der Waals surface area contributed by atoms with E-state index in [0.29, 0.717) is 35.5 Å². The lowest BCUT2D eigenvalue weighted by Crippen LogP contribution is -2.66. The average molecular weight is 547 g/mol. The summed E-state index contributed by atoms with van der Waals surface area (Å²) in [5.41, 5.74) is 2.29. The van der Waals surface area contributed by atoms with Crippen molar-refractivity contribution in [2.24, 2.45) is 0 Å². The lowest BCUT2D eigenvalue weighted by atomic mass is 9.96. The zero-order valence-electron chi connectivity index (χ0n) is 23.6. The molecule has 6 heteroatoms. The van der Waals surface area contributed by atoms with E-state index in [4.69, 9.17) is 8.84 Å². The molecule has 1 aromatic heterocycles. The molecule has 0 fully saturated rings. The summed E-state index contributed by atoms with van der Waals surface area (Å²) in [7, 11) is -2.77. The van der Waals surface area contributed by atoms with Crippen LogP contribution in [0, 0.1) is 0 Å². The summed E-state index contributed by atoms with van der Waals surface area (Å²) < 4.78 is 12.5. The summed E-state index contributed by atoms with van der Waals surface area (Å²) in [6.45, 7) is 12.8. The Kier molecular flexibility index (Phi) is 10.9. The van der Waals surface area contributed by atoms with Gasteiger partial charge >= 0.3 is 0 Å². The van der Waals surface area contributed by atoms with Gasteiger partial charge < -0.3 is 24.2 Å². The fraction of sp³-hybridized carbons (Fsp3) is 0.333. The monoisotopic (exact) mass is 546 g/mol. The molecule has 0 bridgehead atoms. The molecule has 0 spiro atoms. The normalized spacial score (nSPS) is 13.9. The molecule has 0 amide bonds. The summed E-state index contributed by atoms with van der Waals surface area (Å²) in [5, 5.41) is 32.2. The molecule has 1 atom stereocenters. The van der Waals surface area contributed by atoms with Gasteiger partial charge in [0.1, 0.15) is 18.1 Å². The minimum atomic E-state index is -2.77. The van der Waals surface area contributed by atoms with Crippen molar-refractivity contribution < 1.29 is 24.2 Å². The molecule has 1 unspecified atom stereocenters. The zero-order valence-corrected chi connectivity index (χ0v) is 24.6. The van der Waals surface area contributed by atoms with Crippen LogP contribution in [0.5, 0.6) is 0 Å². The number of aliphatic hydroxyl groups excluding tert-OH is 3. The molecule has 3 N–H and O–H groups in total. The fourth-order valence-electron chi connectivity index (χ4n) is 5.05. The molecule has 5 nitrogen and oxygen atoms in total. The third-order valence-corrected chi connectivity index (χ3v) is 12.0. The van der Waals surface area contributed by atoms with Gasteiger partial charge in [0, 0.05) is 0 Å². The minimum Gasteiger partial charge on any atom is -0.459 e. The smallest absolute Gasteiger partial charge is 0.261 e. The minimum absolute atomic E-state index is 0.140. The van der Waals surface area contributed by atoms with Crippen LogP contribution in [0.4, 0.5) is 0 Å².